The lowest BCUT2D eigenvalue weighted by atomic mass is 10.0. The maximum Gasteiger partial charge on any atom is 0.145 e. The van der Waals surface area contributed by atoms with Crippen LogP contribution in [0.3, 0.4) is 0 Å². The van der Waals surface area contributed by atoms with E-state index in [0.29, 0.717) is 12.3 Å². The zero-order chi connectivity index (χ0) is 30.4. The summed E-state index contributed by atoms with van der Waals surface area (Å²) < 4.78 is 17.2. The van der Waals surface area contributed by atoms with Crippen LogP contribution in [-0.4, -0.2) is 50.5 Å². The fourth-order valence-corrected chi connectivity index (χ4v) is 5.12. The van der Waals surface area contributed by atoms with E-state index in [-0.39, 0.29) is 6.61 Å². The first kappa shape index (κ1) is 30.9. The molecule has 3 aromatic carbocycles. The van der Waals surface area contributed by atoms with Crippen molar-refractivity contribution >= 4 is 29.6 Å². The molecule has 0 amide bonds. The highest BCUT2D eigenvalue weighted by Gasteiger charge is 2.18. The van der Waals surface area contributed by atoms with E-state index in [4.69, 9.17) is 19.0 Å². The van der Waals surface area contributed by atoms with Crippen LogP contribution >= 0.6 is 11.3 Å². The molecule has 0 aliphatic carbocycles. The molecular weight excluding hydrogens is 560 g/mol. The van der Waals surface area contributed by atoms with E-state index in [1.165, 1.54) is 22.5 Å². The van der Waals surface area contributed by atoms with Crippen LogP contribution in [0.1, 0.15) is 22.3 Å². The number of carbonyl (C=O) groups is 1. The summed E-state index contributed by atoms with van der Waals surface area (Å²) in [6.07, 6.45) is 5.08. The molecule has 0 aliphatic heterocycles. The third-order valence-electron chi connectivity index (χ3n) is 6.64. The summed E-state index contributed by atoms with van der Waals surface area (Å²) >= 11 is 1.54. The molecule has 0 bridgehead atoms. The number of nitrogens with one attached hydrogen (secondary N) is 1. The van der Waals surface area contributed by atoms with Crippen LogP contribution in [-0.2, 0) is 17.6 Å². The molecule has 43 heavy (non-hydrogen) atoms. The lowest BCUT2D eigenvalue weighted by molar-refractivity contribution is -0.0980. The summed E-state index contributed by atoms with van der Waals surface area (Å²) in [7, 11) is 5.06. The highest BCUT2D eigenvalue weighted by molar-refractivity contribution is 7.13. The van der Waals surface area contributed by atoms with Gasteiger partial charge in [0.1, 0.15) is 47.2 Å². The van der Waals surface area contributed by atoms with Crippen molar-refractivity contribution in [2.75, 3.05) is 33.2 Å². The number of nitrogens with zero attached hydrogens (tertiary/aromatic N) is 3. The van der Waals surface area contributed by atoms with E-state index in [1.54, 1.807) is 27.5 Å². The SMILES string of the molecule is C=O.CN=C(COc1ccc(Cc2ccccc2)cc1)Nc1c(Cc2ccc(OC)cc2OC)ccnc1-c1nccs1. The largest absolute Gasteiger partial charge is 0.497 e. The van der Waals surface area contributed by atoms with Crippen molar-refractivity contribution in [1.29, 1.82) is 0 Å². The molecule has 0 aliphatic rings. The molecule has 0 spiro atoms. The van der Waals surface area contributed by atoms with Gasteiger partial charge >= 0.3 is 0 Å². The van der Waals surface area contributed by atoms with Gasteiger partial charge in [-0.2, -0.15) is 0 Å². The Morgan fingerprint density at radius 1 is 0.837 bits per heavy atom. The molecule has 9 heteroatoms. The van der Waals surface area contributed by atoms with Crippen molar-refractivity contribution in [3.05, 3.63) is 119 Å². The van der Waals surface area contributed by atoms with Crippen LogP contribution in [0, 0.1) is 0 Å². The first-order chi connectivity index (χ1) is 21.2. The second-order valence-corrected chi connectivity index (χ2v) is 10.2. The second-order valence-electron chi connectivity index (χ2n) is 9.28. The fraction of sp³-hybridized carbons (Fsp3) is 0.176. The van der Waals surface area contributed by atoms with Crippen molar-refractivity contribution in [2.24, 2.45) is 4.99 Å². The van der Waals surface area contributed by atoms with Crippen molar-refractivity contribution in [2.45, 2.75) is 12.8 Å². The molecule has 8 nitrogen and oxygen atoms in total. The minimum atomic E-state index is 0.270. The number of aromatic nitrogens is 2. The Bertz CT molecular complexity index is 1610. The number of methoxy groups -OCH3 is 2. The number of carbonyl (C=O) groups excluding carboxylic acids is 1. The molecule has 0 saturated heterocycles. The molecule has 0 atom stereocenters. The molecule has 0 fully saturated rings. The zero-order valence-electron chi connectivity index (χ0n) is 24.4. The topological polar surface area (TPSA) is 94.9 Å². The van der Waals surface area contributed by atoms with E-state index in [9.17, 15) is 0 Å². The van der Waals surface area contributed by atoms with Crippen molar-refractivity contribution < 1.29 is 19.0 Å². The van der Waals surface area contributed by atoms with E-state index >= 15 is 0 Å². The Kier molecular flexibility index (Phi) is 11.4. The van der Waals surface area contributed by atoms with Gasteiger partial charge in [-0.25, -0.2) is 4.98 Å². The van der Waals surface area contributed by atoms with E-state index in [0.717, 1.165) is 51.2 Å². The predicted molar refractivity (Wildman–Crippen MR) is 173 cm³/mol. The summed E-state index contributed by atoms with van der Waals surface area (Å²) in [4.78, 5) is 21.7. The van der Waals surface area contributed by atoms with Crippen LogP contribution < -0.4 is 19.5 Å². The molecule has 0 saturated carbocycles. The molecule has 0 radical (unpaired) electrons. The molecule has 1 N–H and O–H groups in total. The summed E-state index contributed by atoms with van der Waals surface area (Å²) in [5, 5.41) is 6.28. The Morgan fingerprint density at radius 3 is 2.26 bits per heavy atom. The van der Waals surface area contributed by atoms with Gasteiger partial charge in [-0.3, -0.25) is 9.98 Å². The van der Waals surface area contributed by atoms with Gasteiger partial charge in [-0.1, -0.05) is 48.5 Å². The summed E-state index contributed by atoms with van der Waals surface area (Å²) in [5.74, 6) is 2.95. The number of benzene rings is 3. The molecule has 0 unspecified atom stereocenters. The van der Waals surface area contributed by atoms with Gasteiger partial charge < -0.3 is 24.3 Å². The van der Waals surface area contributed by atoms with Crippen LogP contribution in [0.2, 0.25) is 0 Å². The third kappa shape index (κ3) is 8.27. The standard InChI is InChI=1S/C33H32N4O3S.CH2O/c1-34-30(22-40-27-12-9-24(10-13-27)19-23-7-5-4-6-8-23)37-31-26(15-16-35-32(31)33-36-17-18-41-33)20-25-11-14-28(38-2)21-29(25)39-3;1-2/h4-18,21H,19-20,22H2,1-3H3,(H,34,37);1H2. The number of anilines is 1. The normalized spacial score (nSPS) is 10.8. The van der Waals surface area contributed by atoms with E-state index in [1.807, 2.05) is 60.8 Å². The van der Waals surface area contributed by atoms with Crippen LogP contribution in [0.25, 0.3) is 10.7 Å². The van der Waals surface area contributed by atoms with Crippen molar-refractivity contribution in [3.63, 3.8) is 0 Å². The maximum absolute atomic E-state index is 8.00. The smallest absolute Gasteiger partial charge is 0.145 e. The van der Waals surface area contributed by atoms with Gasteiger partial charge in [0, 0.05) is 37.3 Å². The zero-order valence-corrected chi connectivity index (χ0v) is 25.3. The van der Waals surface area contributed by atoms with Gasteiger partial charge in [-0.15, -0.1) is 11.3 Å². The van der Waals surface area contributed by atoms with Gasteiger partial charge in [0.15, 0.2) is 0 Å². The Morgan fingerprint density at radius 2 is 1.58 bits per heavy atom. The number of pyridine rings is 1. The second kappa shape index (κ2) is 15.8. The van der Waals surface area contributed by atoms with Gasteiger partial charge in [-0.05, 0) is 52.9 Å². The first-order valence-corrected chi connectivity index (χ1v) is 14.4. The number of aliphatic imine (C=N–C) groups is 1. The van der Waals surface area contributed by atoms with E-state index < -0.39 is 0 Å². The molecule has 2 aromatic heterocycles. The van der Waals surface area contributed by atoms with Crippen LogP contribution in [0.4, 0.5) is 5.69 Å². The minimum absolute atomic E-state index is 0.270. The lowest BCUT2D eigenvalue weighted by Gasteiger charge is -2.18. The quantitative estimate of drug-likeness (QED) is 0.134. The monoisotopic (exact) mass is 594 g/mol. The number of thiazole rings is 1. The first-order valence-electron chi connectivity index (χ1n) is 13.5. The Balaban J connectivity index is 0.00000207. The number of hydrogen-bond donors (Lipinski definition) is 1. The van der Waals surface area contributed by atoms with Crippen molar-refractivity contribution in [1.82, 2.24) is 9.97 Å². The summed E-state index contributed by atoms with van der Waals surface area (Å²) in [6, 6.07) is 26.5. The third-order valence-corrected chi connectivity index (χ3v) is 7.42. The Labute approximate surface area is 256 Å². The Hall–Kier alpha value is -5.02. The van der Waals surface area contributed by atoms with Crippen molar-refractivity contribution in [3.8, 4) is 28.0 Å². The molecule has 5 aromatic rings. The fourth-order valence-electron chi connectivity index (χ4n) is 4.48. The van der Waals surface area contributed by atoms with Gasteiger partial charge in [0.2, 0.25) is 0 Å². The van der Waals surface area contributed by atoms with Crippen LogP contribution in [0.5, 0.6) is 17.2 Å². The lowest BCUT2D eigenvalue weighted by Crippen LogP contribution is -2.22. The number of rotatable bonds is 11. The summed E-state index contributed by atoms with van der Waals surface area (Å²) in [5.41, 5.74) is 6.16. The number of hydrogen-bond acceptors (Lipinski definition) is 8. The molecular formula is C34H34N4O4S. The van der Waals surface area contributed by atoms with Gasteiger partial charge in [0.25, 0.3) is 0 Å². The molecule has 220 valence electrons. The van der Waals surface area contributed by atoms with Gasteiger partial charge in [0.05, 0.1) is 19.9 Å². The average molecular weight is 595 g/mol. The highest BCUT2D eigenvalue weighted by Crippen LogP contribution is 2.34. The van der Waals surface area contributed by atoms with Crippen LogP contribution in [0.15, 0.2) is 102 Å². The highest BCUT2D eigenvalue weighted by atomic mass is 32.1. The average Bonchev–Trinajstić information content (AvgIpc) is 3.61. The molecule has 2 heterocycles. The summed E-state index contributed by atoms with van der Waals surface area (Å²) in [6.45, 7) is 2.27. The van der Waals surface area contributed by atoms with E-state index in [2.05, 4.69) is 56.7 Å². The predicted octanol–water partition coefficient (Wildman–Crippen LogP) is 6.74. The minimum Gasteiger partial charge on any atom is -0.497 e. The molecule has 5 rings (SSSR count). The number of ether oxygens (including phenoxy) is 3. The number of amidine groups is 1. The maximum atomic E-state index is 8.00.